The molecule has 3 aromatic rings. The Morgan fingerprint density at radius 2 is 1.77 bits per heavy atom. The molecule has 2 amide bonds. The van der Waals surface area contributed by atoms with Crippen molar-refractivity contribution in [2.45, 2.75) is 12.8 Å². The fourth-order valence-corrected chi connectivity index (χ4v) is 4.72. The first-order chi connectivity index (χ1) is 18.8. The number of likely N-dealkylation sites (N-methyl/N-ethyl adjacent to an activating group) is 1. The molecule has 2 aliphatic heterocycles. The molecule has 1 unspecified atom stereocenters. The Bertz CT molecular complexity index is 1490. The number of nitrogens with one attached hydrogen (secondary N) is 1. The standard InChI is InChI=1S/C30H29N5O4/c1-19(36)35(13-12-34(2)3)23-8-6-22(7-9-23)32-29(21-5-11-26-27(17-21)39-15-14-38-26)28-24-10-4-20(18-31)16-25(24)33-30(28)37/h4-11,16-17,28H,12-15H2,1-3H3,(H,33,37). The molecule has 1 atom stereocenters. The van der Waals surface area contributed by atoms with Crippen LogP contribution in [0, 0.1) is 11.3 Å². The number of ether oxygens (including phenoxy) is 2. The monoisotopic (exact) mass is 523 g/mol. The summed E-state index contributed by atoms with van der Waals surface area (Å²) >= 11 is 0. The van der Waals surface area contributed by atoms with Crippen LogP contribution in [-0.2, 0) is 9.59 Å². The summed E-state index contributed by atoms with van der Waals surface area (Å²) in [5.74, 6) is 0.283. The van der Waals surface area contributed by atoms with E-state index in [0.717, 1.165) is 23.4 Å². The second kappa shape index (κ2) is 11.0. The Morgan fingerprint density at radius 3 is 2.46 bits per heavy atom. The van der Waals surface area contributed by atoms with Crippen LogP contribution >= 0.6 is 0 Å². The fraction of sp³-hybridized carbons (Fsp3) is 0.267. The second-order valence-electron chi connectivity index (χ2n) is 9.68. The first-order valence-corrected chi connectivity index (χ1v) is 12.7. The summed E-state index contributed by atoms with van der Waals surface area (Å²) < 4.78 is 11.5. The van der Waals surface area contributed by atoms with Gasteiger partial charge in [-0.15, -0.1) is 0 Å². The molecule has 0 fully saturated rings. The maximum atomic E-state index is 13.3. The van der Waals surface area contributed by atoms with Gasteiger partial charge in [-0.3, -0.25) is 14.6 Å². The summed E-state index contributed by atoms with van der Waals surface area (Å²) in [6.45, 7) is 3.77. The van der Waals surface area contributed by atoms with E-state index in [2.05, 4.69) is 11.4 Å². The molecule has 3 aromatic carbocycles. The molecule has 5 rings (SSSR count). The molecule has 39 heavy (non-hydrogen) atoms. The summed E-state index contributed by atoms with van der Waals surface area (Å²) in [6, 6.07) is 20.2. The first-order valence-electron chi connectivity index (χ1n) is 12.7. The Balaban J connectivity index is 1.56. The van der Waals surface area contributed by atoms with Crippen LogP contribution in [0.1, 0.15) is 29.5 Å². The number of hydrogen-bond acceptors (Lipinski definition) is 7. The number of anilines is 2. The van der Waals surface area contributed by atoms with Gasteiger partial charge in [0, 0.05) is 37.0 Å². The number of aliphatic imine (C=N–C) groups is 1. The first kappa shape index (κ1) is 25.9. The second-order valence-corrected chi connectivity index (χ2v) is 9.68. The molecule has 198 valence electrons. The summed E-state index contributed by atoms with van der Waals surface area (Å²) in [4.78, 5) is 34.3. The van der Waals surface area contributed by atoms with Crippen LogP contribution in [-0.4, -0.2) is 62.8 Å². The zero-order valence-electron chi connectivity index (χ0n) is 22.1. The number of benzene rings is 3. The minimum absolute atomic E-state index is 0.0407. The lowest BCUT2D eigenvalue weighted by Crippen LogP contribution is -2.35. The normalized spacial score (nSPS) is 15.9. The van der Waals surface area contributed by atoms with Crippen LogP contribution in [0.4, 0.5) is 17.1 Å². The molecular weight excluding hydrogens is 494 g/mol. The van der Waals surface area contributed by atoms with Crippen molar-refractivity contribution in [3.05, 3.63) is 77.4 Å². The van der Waals surface area contributed by atoms with Crippen LogP contribution in [0.5, 0.6) is 11.5 Å². The van der Waals surface area contributed by atoms with E-state index < -0.39 is 5.92 Å². The van der Waals surface area contributed by atoms with Gasteiger partial charge in [-0.25, -0.2) is 0 Å². The van der Waals surface area contributed by atoms with E-state index in [0.29, 0.717) is 53.9 Å². The highest BCUT2D eigenvalue weighted by atomic mass is 16.6. The van der Waals surface area contributed by atoms with Crippen LogP contribution in [0.25, 0.3) is 0 Å². The molecule has 1 N–H and O–H groups in total. The van der Waals surface area contributed by atoms with E-state index in [1.54, 1.807) is 30.0 Å². The average Bonchev–Trinajstić information content (AvgIpc) is 3.26. The van der Waals surface area contributed by atoms with Crippen LogP contribution < -0.4 is 19.7 Å². The average molecular weight is 524 g/mol. The highest BCUT2D eigenvalue weighted by Gasteiger charge is 2.36. The molecule has 2 heterocycles. The third kappa shape index (κ3) is 5.47. The third-order valence-electron chi connectivity index (χ3n) is 6.69. The number of nitrogens with zero attached hydrogens (tertiary/aromatic N) is 4. The van der Waals surface area contributed by atoms with Crippen molar-refractivity contribution in [1.82, 2.24) is 4.90 Å². The fourth-order valence-electron chi connectivity index (χ4n) is 4.72. The number of carbonyl (C=O) groups excluding carboxylic acids is 2. The number of amides is 2. The van der Waals surface area contributed by atoms with Crippen LogP contribution in [0.3, 0.4) is 0 Å². The van der Waals surface area contributed by atoms with Gasteiger partial charge in [-0.1, -0.05) is 6.07 Å². The summed E-state index contributed by atoms with van der Waals surface area (Å²) in [7, 11) is 3.93. The summed E-state index contributed by atoms with van der Waals surface area (Å²) in [5, 5.41) is 12.2. The number of carbonyl (C=O) groups is 2. The van der Waals surface area contributed by atoms with Crippen molar-refractivity contribution in [2.24, 2.45) is 4.99 Å². The molecule has 0 radical (unpaired) electrons. The molecule has 9 heteroatoms. The maximum absolute atomic E-state index is 13.3. The van der Waals surface area contributed by atoms with E-state index >= 15 is 0 Å². The van der Waals surface area contributed by atoms with Gasteiger partial charge in [0.2, 0.25) is 11.8 Å². The molecule has 0 aromatic heterocycles. The van der Waals surface area contributed by atoms with Gasteiger partial charge in [-0.05, 0) is 74.3 Å². The molecule has 0 bridgehead atoms. The van der Waals surface area contributed by atoms with Gasteiger partial charge in [0.1, 0.15) is 19.1 Å². The van der Waals surface area contributed by atoms with Gasteiger partial charge >= 0.3 is 0 Å². The zero-order chi connectivity index (χ0) is 27.5. The molecular formula is C30H29N5O4. The quantitative estimate of drug-likeness (QED) is 0.467. The smallest absolute Gasteiger partial charge is 0.238 e. The zero-order valence-corrected chi connectivity index (χ0v) is 22.1. The van der Waals surface area contributed by atoms with Crippen LogP contribution in [0.15, 0.2) is 65.7 Å². The minimum Gasteiger partial charge on any atom is -0.486 e. The van der Waals surface area contributed by atoms with E-state index in [4.69, 9.17) is 14.5 Å². The molecule has 0 saturated carbocycles. The highest BCUT2D eigenvalue weighted by molar-refractivity contribution is 6.24. The lowest BCUT2D eigenvalue weighted by Gasteiger charge is -2.23. The Labute approximate surface area is 227 Å². The summed E-state index contributed by atoms with van der Waals surface area (Å²) in [5.41, 5.74) is 4.48. The van der Waals surface area contributed by atoms with Crippen molar-refractivity contribution < 1.29 is 19.1 Å². The Hall–Kier alpha value is -4.68. The summed E-state index contributed by atoms with van der Waals surface area (Å²) in [6.07, 6.45) is 0. The van der Waals surface area contributed by atoms with Crippen LogP contribution in [0.2, 0.25) is 0 Å². The van der Waals surface area contributed by atoms with E-state index in [9.17, 15) is 14.9 Å². The highest BCUT2D eigenvalue weighted by Crippen LogP contribution is 2.39. The largest absolute Gasteiger partial charge is 0.486 e. The van der Waals surface area contributed by atoms with Gasteiger partial charge in [0.25, 0.3) is 0 Å². The predicted molar refractivity (Wildman–Crippen MR) is 149 cm³/mol. The van der Waals surface area contributed by atoms with Crippen molar-refractivity contribution >= 4 is 34.6 Å². The lowest BCUT2D eigenvalue weighted by atomic mass is 9.90. The topological polar surface area (TPSA) is 107 Å². The number of hydrogen-bond donors (Lipinski definition) is 1. The van der Waals surface area contributed by atoms with Gasteiger partial charge < -0.3 is 24.6 Å². The minimum atomic E-state index is -0.691. The van der Waals surface area contributed by atoms with E-state index in [1.165, 1.54) is 0 Å². The SMILES string of the molecule is CC(=O)N(CCN(C)C)c1ccc(N=C(c2ccc3c(c2)OCCO3)C2C(=O)Nc3cc(C#N)ccc32)cc1. The van der Waals surface area contributed by atoms with E-state index in [1.807, 2.05) is 61.5 Å². The number of nitriles is 1. The van der Waals surface area contributed by atoms with Gasteiger partial charge in [0.05, 0.1) is 23.0 Å². The molecule has 0 saturated heterocycles. The number of rotatable bonds is 7. The maximum Gasteiger partial charge on any atom is 0.238 e. The molecule has 0 spiro atoms. The van der Waals surface area contributed by atoms with Crippen molar-refractivity contribution in [1.29, 1.82) is 5.26 Å². The Kier molecular flexibility index (Phi) is 7.30. The van der Waals surface area contributed by atoms with E-state index in [-0.39, 0.29) is 11.8 Å². The predicted octanol–water partition coefficient (Wildman–Crippen LogP) is 4.10. The van der Waals surface area contributed by atoms with Gasteiger partial charge in [-0.2, -0.15) is 5.26 Å². The lowest BCUT2D eigenvalue weighted by molar-refractivity contribution is -0.117. The molecule has 2 aliphatic rings. The van der Waals surface area contributed by atoms with Crippen molar-refractivity contribution in [2.75, 3.05) is 50.6 Å². The Morgan fingerprint density at radius 1 is 1.03 bits per heavy atom. The number of fused-ring (bicyclic) bond motifs is 2. The molecule has 9 nitrogen and oxygen atoms in total. The third-order valence-corrected chi connectivity index (χ3v) is 6.69. The van der Waals surface area contributed by atoms with Crippen molar-refractivity contribution in [3.63, 3.8) is 0 Å². The van der Waals surface area contributed by atoms with Gasteiger partial charge in [0.15, 0.2) is 11.5 Å². The van der Waals surface area contributed by atoms with Crippen molar-refractivity contribution in [3.8, 4) is 17.6 Å². The molecule has 0 aliphatic carbocycles.